The van der Waals surface area contributed by atoms with Gasteiger partial charge in [-0.05, 0) is 25.6 Å². The second-order valence-electron chi connectivity index (χ2n) is 3.30. The van der Waals surface area contributed by atoms with Crippen molar-refractivity contribution in [2.24, 2.45) is 5.73 Å². The summed E-state index contributed by atoms with van der Waals surface area (Å²) in [5.74, 6) is 2.30. The van der Waals surface area contributed by atoms with Crippen LogP contribution in [0.1, 0.15) is 11.6 Å². The third kappa shape index (κ3) is 2.06. The van der Waals surface area contributed by atoms with Gasteiger partial charge in [0.25, 0.3) is 0 Å². The van der Waals surface area contributed by atoms with Crippen LogP contribution in [-0.4, -0.2) is 16.5 Å². The topological polar surface area (TPSA) is 67.8 Å². The van der Waals surface area contributed by atoms with Gasteiger partial charge < -0.3 is 15.1 Å². The maximum Gasteiger partial charge on any atom is 0.155 e. The van der Waals surface area contributed by atoms with Gasteiger partial charge in [-0.1, -0.05) is 11.6 Å². The summed E-state index contributed by atoms with van der Waals surface area (Å²) in [6.45, 7) is 2.42. The molecule has 2 aromatic rings. The summed E-state index contributed by atoms with van der Waals surface area (Å²) in [6.07, 6.45) is 0.680. The van der Waals surface area contributed by atoms with Gasteiger partial charge in [0.1, 0.15) is 22.4 Å². The third-order valence-corrected chi connectivity index (χ3v) is 2.34. The molecule has 80 valence electrons. The third-order valence-electron chi connectivity index (χ3n) is 2.06. The molecule has 0 aromatic carbocycles. The van der Waals surface area contributed by atoms with E-state index in [2.05, 4.69) is 9.97 Å². The Balaban J connectivity index is 2.35. The average molecular weight is 226 g/mol. The second kappa shape index (κ2) is 4.08. The number of furan rings is 1. The number of halogens is 1. The zero-order valence-corrected chi connectivity index (χ0v) is 9.14. The van der Waals surface area contributed by atoms with Crippen molar-refractivity contribution in [1.29, 1.82) is 0 Å². The molecule has 0 saturated carbocycles. The highest BCUT2D eigenvalue weighted by Gasteiger charge is 2.12. The number of nitrogens with two attached hydrogens (primary N) is 1. The predicted molar refractivity (Wildman–Crippen MR) is 58.8 cm³/mol. The van der Waals surface area contributed by atoms with E-state index in [1.807, 2.05) is 19.1 Å². The molecule has 2 heterocycles. The minimum Gasteiger partial charge on any atom is -0.460 e. The molecule has 0 aliphatic heterocycles. The molecule has 0 saturated heterocycles. The Morgan fingerprint density at radius 3 is 2.93 bits per heavy atom. The Morgan fingerprint density at radius 1 is 1.53 bits per heavy atom. The number of aromatic amines is 1. The number of hydrogen-bond donors (Lipinski definition) is 2. The first-order chi connectivity index (χ1) is 7.20. The minimum atomic E-state index is 0.493. The maximum atomic E-state index is 6.01. The van der Waals surface area contributed by atoms with Crippen molar-refractivity contribution < 1.29 is 4.42 Å². The zero-order valence-electron chi connectivity index (χ0n) is 8.38. The van der Waals surface area contributed by atoms with E-state index in [-0.39, 0.29) is 0 Å². The van der Waals surface area contributed by atoms with Crippen molar-refractivity contribution in [1.82, 2.24) is 9.97 Å². The van der Waals surface area contributed by atoms with Crippen LogP contribution in [0.3, 0.4) is 0 Å². The highest BCUT2D eigenvalue weighted by molar-refractivity contribution is 6.31. The van der Waals surface area contributed by atoms with Gasteiger partial charge in [-0.15, -0.1) is 0 Å². The molecule has 3 N–H and O–H groups in total. The lowest BCUT2D eigenvalue weighted by Gasteiger charge is -1.90. The van der Waals surface area contributed by atoms with E-state index in [1.54, 1.807) is 0 Å². The predicted octanol–water partition coefficient (Wildman–Crippen LogP) is 2.13. The molecule has 0 atom stereocenters. The molecule has 0 radical (unpaired) electrons. The van der Waals surface area contributed by atoms with Crippen molar-refractivity contribution in [3.05, 3.63) is 28.9 Å². The fraction of sp³-hybridized carbons (Fsp3) is 0.300. The molecular formula is C10H12ClN3O. The molecule has 5 heteroatoms. The largest absolute Gasteiger partial charge is 0.460 e. The summed E-state index contributed by atoms with van der Waals surface area (Å²) in [4.78, 5) is 7.29. The lowest BCUT2D eigenvalue weighted by Crippen LogP contribution is -2.03. The molecule has 0 fully saturated rings. The van der Waals surface area contributed by atoms with Crippen molar-refractivity contribution >= 4 is 11.6 Å². The summed E-state index contributed by atoms with van der Waals surface area (Å²) in [5.41, 5.74) is 6.08. The minimum absolute atomic E-state index is 0.493. The van der Waals surface area contributed by atoms with Crippen LogP contribution in [0.2, 0.25) is 5.15 Å². The summed E-state index contributed by atoms with van der Waals surface area (Å²) < 4.78 is 5.44. The van der Waals surface area contributed by atoms with E-state index in [0.717, 1.165) is 11.6 Å². The van der Waals surface area contributed by atoms with E-state index in [9.17, 15) is 0 Å². The van der Waals surface area contributed by atoms with E-state index < -0.39 is 0 Å². The molecule has 2 rings (SSSR count). The Morgan fingerprint density at radius 2 is 2.33 bits per heavy atom. The Hall–Kier alpha value is -1.26. The number of imidazole rings is 1. The lowest BCUT2D eigenvalue weighted by atomic mass is 10.3. The van der Waals surface area contributed by atoms with Crippen molar-refractivity contribution in [3.8, 4) is 11.5 Å². The van der Waals surface area contributed by atoms with Crippen LogP contribution in [0.25, 0.3) is 11.5 Å². The lowest BCUT2D eigenvalue weighted by molar-refractivity contribution is 0.546. The molecule has 0 amide bonds. The van der Waals surface area contributed by atoms with Gasteiger partial charge in [0, 0.05) is 6.42 Å². The number of aromatic nitrogens is 2. The van der Waals surface area contributed by atoms with Crippen LogP contribution in [0, 0.1) is 6.92 Å². The maximum absolute atomic E-state index is 6.01. The smallest absolute Gasteiger partial charge is 0.155 e. The summed E-state index contributed by atoms with van der Waals surface area (Å²) >= 11 is 6.01. The molecule has 0 bridgehead atoms. The highest BCUT2D eigenvalue weighted by atomic mass is 35.5. The monoisotopic (exact) mass is 225 g/mol. The average Bonchev–Trinajstić information content (AvgIpc) is 2.73. The van der Waals surface area contributed by atoms with Crippen LogP contribution in [0.4, 0.5) is 0 Å². The quantitative estimate of drug-likeness (QED) is 0.841. The van der Waals surface area contributed by atoms with Crippen LogP contribution in [0.15, 0.2) is 16.5 Å². The first-order valence-electron chi connectivity index (χ1n) is 4.72. The van der Waals surface area contributed by atoms with E-state index in [4.69, 9.17) is 21.8 Å². The normalized spacial score (nSPS) is 10.9. The van der Waals surface area contributed by atoms with Crippen LogP contribution in [-0.2, 0) is 6.42 Å². The van der Waals surface area contributed by atoms with Gasteiger partial charge in [0.15, 0.2) is 5.76 Å². The number of aryl methyl sites for hydroxylation is 1. The van der Waals surface area contributed by atoms with E-state index in [1.165, 1.54) is 0 Å². The van der Waals surface area contributed by atoms with Gasteiger partial charge in [0.05, 0.1) is 0 Å². The van der Waals surface area contributed by atoms with E-state index >= 15 is 0 Å². The van der Waals surface area contributed by atoms with E-state index in [0.29, 0.717) is 29.6 Å². The summed E-state index contributed by atoms with van der Waals surface area (Å²) in [7, 11) is 0. The first kappa shape index (κ1) is 10.3. The number of nitrogens with one attached hydrogen (secondary N) is 1. The number of hydrogen-bond acceptors (Lipinski definition) is 3. The summed E-state index contributed by atoms with van der Waals surface area (Å²) in [6, 6.07) is 3.73. The SMILES string of the molecule is Cc1ccc(-c2nc(CCN)[nH]c2Cl)o1. The van der Waals surface area contributed by atoms with Gasteiger partial charge in [0.2, 0.25) is 0 Å². The van der Waals surface area contributed by atoms with Crippen LogP contribution < -0.4 is 5.73 Å². The first-order valence-corrected chi connectivity index (χ1v) is 5.09. The standard InChI is InChI=1S/C10H12ClN3O/c1-6-2-3-7(15-6)9-10(11)14-8(13-9)4-5-12/h2-3H,4-5,12H2,1H3,(H,13,14). The van der Waals surface area contributed by atoms with Crippen molar-refractivity contribution in [2.75, 3.05) is 6.54 Å². The zero-order chi connectivity index (χ0) is 10.8. The molecule has 4 nitrogen and oxygen atoms in total. The molecule has 15 heavy (non-hydrogen) atoms. The van der Waals surface area contributed by atoms with Crippen LogP contribution >= 0.6 is 11.6 Å². The Labute approximate surface area is 92.4 Å². The fourth-order valence-electron chi connectivity index (χ4n) is 1.38. The summed E-state index contributed by atoms with van der Waals surface area (Å²) in [5, 5.41) is 0.493. The van der Waals surface area contributed by atoms with Crippen molar-refractivity contribution in [3.63, 3.8) is 0 Å². The number of H-pyrrole nitrogens is 1. The second-order valence-corrected chi connectivity index (χ2v) is 3.67. The van der Waals surface area contributed by atoms with Crippen molar-refractivity contribution in [2.45, 2.75) is 13.3 Å². The molecular weight excluding hydrogens is 214 g/mol. The van der Waals surface area contributed by atoms with Gasteiger partial charge >= 0.3 is 0 Å². The fourth-order valence-corrected chi connectivity index (χ4v) is 1.62. The van der Waals surface area contributed by atoms with Gasteiger partial charge in [-0.25, -0.2) is 4.98 Å². The van der Waals surface area contributed by atoms with Gasteiger partial charge in [-0.3, -0.25) is 0 Å². The Kier molecular flexibility index (Phi) is 2.79. The molecule has 0 spiro atoms. The molecule has 0 aliphatic rings. The molecule has 0 aliphatic carbocycles. The van der Waals surface area contributed by atoms with Crippen LogP contribution in [0.5, 0.6) is 0 Å². The Bertz CT molecular complexity index is 461. The number of nitrogens with zero attached hydrogens (tertiary/aromatic N) is 1. The highest BCUT2D eigenvalue weighted by Crippen LogP contribution is 2.27. The molecule has 2 aromatic heterocycles. The van der Waals surface area contributed by atoms with Gasteiger partial charge in [-0.2, -0.15) is 0 Å². The number of rotatable bonds is 3. The molecule has 0 unspecified atom stereocenters.